The maximum atomic E-state index is 12.3. The molecule has 4 nitrogen and oxygen atoms in total. The standard InChI is InChI=1S/C12H13Cl2NO3/c1-12(2,3)15(11(17)18)10(16)9-7(13)5-4-6-8(9)14/h4-6H,1-3H3,(H,17,18). The fraction of sp³-hybridized carbons (Fsp3) is 0.333. The molecule has 0 aliphatic heterocycles. The van der Waals surface area contributed by atoms with Gasteiger partial charge < -0.3 is 5.11 Å². The molecule has 1 aromatic carbocycles. The highest BCUT2D eigenvalue weighted by Gasteiger charge is 2.34. The van der Waals surface area contributed by atoms with E-state index in [0.29, 0.717) is 4.90 Å². The van der Waals surface area contributed by atoms with Crippen molar-refractivity contribution in [2.24, 2.45) is 0 Å². The monoisotopic (exact) mass is 289 g/mol. The Morgan fingerprint density at radius 3 is 1.94 bits per heavy atom. The summed E-state index contributed by atoms with van der Waals surface area (Å²) in [6, 6.07) is 4.57. The molecule has 0 bridgehead atoms. The number of rotatable bonds is 1. The second-order valence-electron chi connectivity index (χ2n) is 4.69. The molecule has 2 amide bonds. The number of imide groups is 1. The highest BCUT2D eigenvalue weighted by molar-refractivity contribution is 6.40. The molecule has 0 aromatic heterocycles. The summed E-state index contributed by atoms with van der Waals surface area (Å²) < 4.78 is 0. The second-order valence-corrected chi connectivity index (χ2v) is 5.51. The highest BCUT2D eigenvalue weighted by atomic mass is 35.5. The van der Waals surface area contributed by atoms with Crippen LogP contribution in [0.5, 0.6) is 0 Å². The maximum Gasteiger partial charge on any atom is 0.414 e. The minimum absolute atomic E-state index is 0.00171. The van der Waals surface area contributed by atoms with Crippen molar-refractivity contribution in [2.45, 2.75) is 26.3 Å². The van der Waals surface area contributed by atoms with Gasteiger partial charge in [0.05, 0.1) is 15.6 Å². The lowest BCUT2D eigenvalue weighted by molar-refractivity contribution is 0.0579. The molecule has 1 N–H and O–H groups in total. The molecule has 0 spiro atoms. The molecule has 0 atom stereocenters. The van der Waals surface area contributed by atoms with Gasteiger partial charge in [0.15, 0.2) is 0 Å². The number of carbonyl (C=O) groups is 2. The van der Waals surface area contributed by atoms with E-state index in [2.05, 4.69) is 0 Å². The Morgan fingerprint density at radius 1 is 1.17 bits per heavy atom. The van der Waals surface area contributed by atoms with Crippen LogP contribution in [0.4, 0.5) is 4.79 Å². The van der Waals surface area contributed by atoms with Gasteiger partial charge in [-0.3, -0.25) is 4.79 Å². The molecule has 6 heteroatoms. The lowest BCUT2D eigenvalue weighted by Gasteiger charge is -2.31. The van der Waals surface area contributed by atoms with Crippen LogP contribution in [-0.2, 0) is 0 Å². The summed E-state index contributed by atoms with van der Waals surface area (Å²) in [5, 5.41) is 9.40. The van der Waals surface area contributed by atoms with E-state index in [4.69, 9.17) is 28.3 Å². The van der Waals surface area contributed by atoms with Crippen molar-refractivity contribution in [2.75, 3.05) is 0 Å². The minimum atomic E-state index is -1.34. The van der Waals surface area contributed by atoms with Gasteiger partial charge in [-0.15, -0.1) is 0 Å². The molecule has 0 fully saturated rings. The average Bonchev–Trinajstić information content (AvgIpc) is 2.13. The van der Waals surface area contributed by atoms with Gasteiger partial charge >= 0.3 is 6.09 Å². The first-order valence-electron chi connectivity index (χ1n) is 5.17. The van der Waals surface area contributed by atoms with E-state index in [-0.39, 0.29) is 15.6 Å². The van der Waals surface area contributed by atoms with Crippen LogP contribution in [0.15, 0.2) is 18.2 Å². The first-order chi connectivity index (χ1) is 8.16. The van der Waals surface area contributed by atoms with E-state index >= 15 is 0 Å². The Balaban J connectivity index is 3.32. The number of carbonyl (C=O) groups excluding carboxylic acids is 1. The van der Waals surface area contributed by atoms with Crippen LogP contribution in [0.3, 0.4) is 0 Å². The Hall–Kier alpha value is -1.26. The van der Waals surface area contributed by atoms with Gasteiger partial charge in [-0.25, -0.2) is 9.69 Å². The number of hydrogen-bond acceptors (Lipinski definition) is 2. The number of amides is 2. The third kappa shape index (κ3) is 2.94. The first-order valence-corrected chi connectivity index (χ1v) is 5.93. The van der Waals surface area contributed by atoms with Crippen molar-refractivity contribution in [3.63, 3.8) is 0 Å². The van der Waals surface area contributed by atoms with Crippen LogP contribution < -0.4 is 0 Å². The summed E-state index contributed by atoms with van der Waals surface area (Å²) >= 11 is 11.8. The van der Waals surface area contributed by atoms with Gasteiger partial charge in [-0.1, -0.05) is 29.3 Å². The van der Waals surface area contributed by atoms with Crippen molar-refractivity contribution in [1.82, 2.24) is 4.90 Å². The summed E-state index contributed by atoms with van der Waals surface area (Å²) in [4.78, 5) is 24.2. The van der Waals surface area contributed by atoms with Crippen molar-refractivity contribution >= 4 is 35.2 Å². The van der Waals surface area contributed by atoms with Crippen LogP contribution >= 0.6 is 23.2 Å². The molecule has 0 aliphatic carbocycles. The van der Waals surface area contributed by atoms with Gasteiger partial charge in [-0.2, -0.15) is 0 Å². The van der Waals surface area contributed by atoms with Crippen molar-refractivity contribution in [1.29, 1.82) is 0 Å². The zero-order valence-corrected chi connectivity index (χ0v) is 11.7. The minimum Gasteiger partial charge on any atom is -0.465 e. The Kier molecular flexibility index (Phi) is 4.24. The van der Waals surface area contributed by atoms with Crippen LogP contribution in [0.25, 0.3) is 0 Å². The summed E-state index contributed by atoms with van der Waals surface area (Å²) in [7, 11) is 0. The van der Waals surface area contributed by atoms with Crippen molar-refractivity contribution in [3.05, 3.63) is 33.8 Å². The molecule has 18 heavy (non-hydrogen) atoms. The molecular formula is C12H13Cl2NO3. The summed E-state index contributed by atoms with van der Waals surface area (Å²) in [5.41, 5.74) is -0.885. The van der Waals surface area contributed by atoms with Gasteiger partial charge in [0.1, 0.15) is 0 Å². The Bertz CT molecular complexity index is 474. The molecule has 98 valence electrons. The third-order valence-electron chi connectivity index (χ3n) is 2.24. The molecule has 1 aromatic rings. The molecule has 1 rings (SSSR count). The molecule has 0 saturated heterocycles. The van der Waals surface area contributed by atoms with E-state index in [0.717, 1.165) is 0 Å². The lowest BCUT2D eigenvalue weighted by Crippen LogP contribution is -2.49. The zero-order valence-electron chi connectivity index (χ0n) is 10.2. The number of hydrogen-bond donors (Lipinski definition) is 1. The quantitative estimate of drug-likeness (QED) is 0.853. The van der Waals surface area contributed by atoms with E-state index in [1.807, 2.05) is 0 Å². The number of nitrogens with zero attached hydrogens (tertiary/aromatic N) is 1. The normalized spacial score (nSPS) is 11.2. The summed E-state index contributed by atoms with van der Waals surface area (Å²) in [6.45, 7) is 4.84. The van der Waals surface area contributed by atoms with Gasteiger partial charge in [0, 0.05) is 5.54 Å². The molecule has 0 unspecified atom stereocenters. The Labute approximate surface area is 115 Å². The van der Waals surface area contributed by atoms with Crippen LogP contribution in [0.2, 0.25) is 10.0 Å². The zero-order chi connectivity index (χ0) is 14.1. The lowest BCUT2D eigenvalue weighted by atomic mass is 10.0. The van der Waals surface area contributed by atoms with E-state index < -0.39 is 17.5 Å². The number of carboxylic acid groups (broad SMARTS) is 1. The second kappa shape index (κ2) is 5.16. The smallest absolute Gasteiger partial charge is 0.414 e. The van der Waals surface area contributed by atoms with Crippen molar-refractivity contribution in [3.8, 4) is 0 Å². The number of halogens is 2. The van der Waals surface area contributed by atoms with E-state index in [9.17, 15) is 9.59 Å². The Morgan fingerprint density at radius 2 is 1.61 bits per heavy atom. The summed E-state index contributed by atoms with van der Waals surface area (Å²) in [6.07, 6.45) is -1.34. The fourth-order valence-electron chi connectivity index (χ4n) is 1.49. The van der Waals surface area contributed by atoms with Gasteiger partial charge in [0.25, 0.3) is 5.91 Å². The van der Waals surface area contributed by atoms with Crippen LogP contribution in [0, 0.1) is 0 Å². The highest BCUT2D eigenvalue weighted by Crippen LogP contribution is 2.28. The summed E-state index contributed by atoms with van der Waals surface area (Å²) in [5.74, 6) is -0.731. The van der Waals surface area contributed by atoms with Crippen molar-refractivity contribution < 1.29 is 14.7 Å². The molecule has 0 aliphatic rings. The molecule has 0 saturated carbocycles. The van der Waals surface area contributed by atoms with Crippen LogP contribution in [-0.4, -0.2) is 27.5 Å². The first kappa shape index (κ1) is 14.8. The third-order valence-corrected chi connectivity index (χ3v) is 2.87. The largest absolute Gasteiger partial charge is 0.465 e. The van der Waals surface area contributed by atoms with E-state index in [1.54, 1.807) is 26.8 Å². The maximum absolute atomic E-state index is 12.3. The average molecular weight is 290 g/mol. The molecule has 0 heterocycles. The molecule has 0 radical (unpaired) electrons. The predicted molar refractivity (Wildman–Crippen MR) is 70.4 cm³/mol. The van der Waals surface area contributed by atoms with Gasteiger partial charge in [-0.05, 0) is 32.9 Å². The topological polar surface area (TPSA) is 57.6 Å². The number of benzene rings is 1. The van der Waals surface area contributed by atoms with Crippen LogP contribution in [0.1, 0.15) is 31.1 Å². The SMILES string of the molecule is CC(C)(C)N(C(=O)O)C(=O)c1c(Cl)cccc1Cl. The van der Waals surface area contributed by atoms with E-state index in [1.165, 1.54) is 12.1 Å². The van der Waals surface area contributed by atoms with Gasteiger partial charge in [0.2, 0.25) is 0 Å². The fourth-order valence-corrected chi connectivity index (χ4v) is 2.05. The molecular weight excluding hydrogens is 277 g/mol. The predicted octanol–water partition coefficient (Wildman–Crippen LogP) is 3.91.